The highest BCUT2D eigenvalue weighted by molar-refractivity contribution is 6.07. The Labute approximate surface area is 142 Å². The lowest BCUT2D eigenvalue weighted by Crippen LogP contribution is -2.51. The average molecular weight is 337 g/mol. The van der Waals surface area contributed by atoms with Crippen molar-refractivity contribution in [3.05, 3.63) is 0 Å². The number of carbonyl (C=O) groups excluding carboxylic acids is 2. The van der Waals surface area contributed by atoms with Crippen molar-refractivity contribution in [2.75, 3.05) is 26.5 Å². The molecule has 4 rings (SSSR count). The van der Waals surface area contributed by atoms with Crippen molar-refractivity contribution in [2.45, 2.75) is 63.3 Å². The maximum Gasteiger partial charge on any atom is 0.327 e. The first-order valence-electron chi connectivity index (χ1n) is 9.11. The summed E-state index contributed by atoms with van der Waals surface area (Å²) in [6.07, 6.45) is 3.61. The van der Waals surface area contributed by atoms with Crippen LogP contribution in [0.25, 0.3) is 0 Å². The number of carbonyl (C=O) groups is 2. The minimum absolute atomic E-state index is 0.00681. The van der Waals surface area contributed by atoms with Gasteiger partial charge in [-0.15, -0.1) is 0 Å². The van der Waals surface area contributed by atoms with Crippen LogP contribution >= 0.6 is 0 Å². The molecule has 1 aliphatic carbocycles. The molecule has 134 valence electrons. The van der Waals surface area contributed by atoms with Gasteiger partial charge in [-0.1, -0.05) is 0 Å². The number of amides is 3. The highest BCUT2D eigenvalue weighted by Gasteiger charge is 2.63. The van der Waals surface area contributed by atoms with Crippen LogP contribution in [0.3, 0.4) is 0 Å². The Morgan fingerprint density at radius 2 is 2.17 bits per heavy atom. The molecule has 0 bridgehead atoms. The summed E-state index contributed by atoms with van der Waals surface area (Å²) in [6, 6.07) is 0.194. The lowest BCUT2D eigenvalue weighted by atomic mass is 9.91. The fraction of sp³-hybridized carbons (Fsp3) is 0.882. The molecule has 3 aliphatic heterocycles. The van der Waals surface area contributed by atoms with Gasteiger partial charge in [0.1, 0.15) is 18.4 Å². The van der Waals surface area contributed by atoms with Gasteiger partial charge < -0.3 is 19.7 Å². The van der Waals surface area contributed by atoms with E-state index in [1.807, 2.05) is 18.7 Å². The third-order valence-corrected chi connectivity index (χ3v) is 6.02. The predicted octanol–water partition coefficient (Wildman–Crippen LogP) is 0.933. The second-order valence-corrected chi connectivity index (χ2v) is 7.84. The summed E-state index contributed by atoms with van der Waals surface area (Å²) < 4.78 is 10.7. The van der Waals surface area contributed by atoms with Crippen molar-refractivity contribution in [2.24, 2.45) is 5.92 Å². The maximum absolute atomic E-state index is 13.3. The molecule has 1 spiro atoms. The molecule has 7 nitrogen and oxygen atoms in total. The molecule has 0 radical (unpaired) electrons. The molecule has 0 aromatic carbocycles. The van der Waals surface area contributed by atoms with Gasteiger partial charge in [-0.05, 0) is 52.0 Å². The average Bonchev–Trinajstić information content (AvgIpc) is 3.22. The van der Waals surface area contributed by atoms with Gasteiger partial charge in [0.2, 0.25) is 0 Å². The zero-order chi connectivity index (χ0) is 16.9. The van der Waals surface area contributed by atoms with Gasteiger partial charge in [0.15, 0.2) is 0 Å². The molecule has 3 heterocycles. The summed E-state index contributed by atoms with van der Waals surface area (Å²) in [5, 5.41) is 3.56. The van der Waals surface area contributed by atoms with Crippen LogP contribution in [-0.4, -0.2) is 72.0 Å². The molecule has 4 unspecified atom stereocenters. The first-order valence-corrected chi connectivity index (χ1v) is 9.11. The summed E-state index contributed by atoms with van der Waals surface area (Å²) in [7, 11) is 0. The largest absolute Gasteiger partial charge is 0.353 e. The van der Waals surface area contributed by atoms with E-state index in [1.165, 1.54) is 4.90 Å². The number of hydrogen-bond acceptors (Lipinski definition) is 5. The third-order valence-electron chi connectivity index (χ3n) is 6.02. The Morgan fingerprint density at radius 1 is 1.33 bits per heavy atom. The van der Waals surface area contributed by atoms with E-state index < -0.39 is 5.54 Å². The van der Waals surface area contributed by atoms with Gasteiger partial charge in [-0.25, -0.2) is 4.79 Å². The van der Waals surface area contributed by atoms with E-state index in [2.05, 4.69) is 5.32 Å². The Hall–Kier alpha value is -1.18. The van der Waals surface area contributed by atoms with Crippen molar-refractivity contribution in [1.29, 1.82) is 0 Å². The smallest absolute Gasteiger partial charge is 0.327 e. The van der Waals surface area contributed by atoms with Crippen molar-refractivity contribution in [3.8, 4) is 0 Å². The van der Waals surface area contributed by atoms with Crippen molar-refractivity contribution < 1.29 is 19.1 Å². The molecule has 0 aromatic heterocycles. The van der Waals surface area contributed by atoms with Gasteiger partial charge in [-0.3, -0.25) is 9.69 Å². The quantitative estimate of drug-likeness (QED) is 0.776. The van der Waals surface area contributed by atoms with Gasteiger partial charge in [0, 0.05) is 12.1 Å². The van der Waals surface area contributed by atoms with Crippen LogP contribution < -0.4 is 5.32 Å². The van der Waals surface area contributed by atoms with Crippen LogP contribution in [0.5, 0.6) is 0 Å². The number of urea groups is 1. The second kappa shape index (κ2) is 5.97. The molecule has 7 heteroatoms. The molecule has 3 saturated heterocycles. The molecule has 0 aromatic rings. The van der Waals surface area contributed by atoms with Gasteiger partial charge in [0.05, 0.1) is 13.2 Å². The Morgan fingerprint density at radius 3 is 2.83 bits per heavy atom. The minimum atomic E-state index is -0.669. The van der Waals surface area contributed by atoms with Crippen LogP contribution in [0.1, 0.15) is 39.5 Å². The molecular weight excluding hydrogens is 310 g/mol. The van der Waals surface area contributed by atoms with Gasteiger partial charge in [0.25, 0.3) is 5.91 Å². The topological polar surface area (TPSA) is 71.1 Å². The molecule has 24 heavy (non-hydrogen) atoms. The van der Waals surface area contributed by atoms with Crippen LogP contribution in [0.15, 0.2) is 0 Å². The van der Waals surface area contributed by atoms with Crippen LogP contribution in [-0.2, 0) is 14.3 Å². The normalized spacial score (nSPS) is 39.5. The van der Waals surface area contributed by atoms with E-state index in [0.717, 1.165) is 32.2 Å². The number of hydrogen-bond donors (Lipinski definition) is 1. The van der Waals surface area contributed by atoms with Crippen molar-refractivity contribution in [3.63, 3.8) is 0 Å². The van der Waals surface area contributed by atoms with Crippen molar-refractivity contribution in [1.82, 2.24) is 15.1 Å². The SMILES string of the molecule is CC(C)N1C(=O)N(CC2COCO2)C(=O)C12CC1CCCNC1C2. The van der Waals surface area contributed by atoms with E-state index in [0.29, 0.717) is 25.1 Å². The van der Waals surface area contributed by atoms with E-state index in [1.54, 1.807) is 0 Å². The Bertz CT molecular complexity index is 518. The molecule has 1 saturated carbocycles. The van der Waals surface area contributed by atoms with E-state index >= 15 is 0 Å². The summed E-state index contributed by atoms with van der Waals surface area (Å²) >= 11 is 0. The van der Waals surface area contributed by atoms with E-state index in [9.17, 15) is 9.59 Å². The fourth-order valence-electron chi connectivity index (χ4n) is 5.07. The van der Waals surface area contributed by atoms with Gasteiger partial charge in [-0.2, -0.15) is 0 Å². The highest BCUT2D eigenvalue weighted by atomic mass is 16.7. The van der Waals surface area contributed by atoms with E-state index in [-0.39, 0.29) is 30.9 Å². The fourth-order valence-corrected chi connectivity index (χ4v) is 5.07. The van der Waals surface area contributed by atoms with Crippen LogP contribution in [0, 0.1) is 5.92 Å². The minimum Gasteiger partial charge on any atom is -0.353 e. The molecule has 4 fully saturated rings. The summed E-state index contributed by atoms with van der Waals surface area (Å²) in [5.74, 6) is 0.454. The molecule has 3 amide bonds. The zero-order valence-corrected chi connectivity index (χ0v) is 14.5. The standard InChI is InChI=1S/C17H27N3O4/c1-11(2)20-16(22)19(8-13-9-23-10-24-13)15(21)17(20)6-12-4-3-5-18-14(12)7-17/h11-14,18H,3-10H2,1-2H3. The van der Waals surface area contributed by atoms with Gasteiger partial charge >= 0.3 is 6.03 Å². The molecule has 4 atom stereocenters. The number of rotatable bonds is 3. The molecular formula is C17H27N3O4. The number of piperidine rings is 1. The first-order chi connectivity index (χ1) is 11.5. The Kier molecular flexibility index (Phi) is 4.05. The number of fused-ring (bicyclic) bond motifs is 1. The molecule has 1 N–H and O–H groups in total. The number of nitrogens with zero attached hydrogens (tertiary/aromatic N) is 2. The first kappa shape index (κ1) is 16.3. The van der Waals surface area contributed by atoms with Crippen LogP contribution in [0.4, 0.5) is 4.79 Å². The number of imide groups is 1. The second-order valence-electron chi connectivity index (χ2n) is 7.84. The lowest BCUT2D eigenvalue weighted by Gasteiger charge is -2.34. The summed E-state index contributed by atoms with van der Waals surface area (Å²) in [4.78, 5) is 29.6. The lowest BCUT2D eigenvalue weighted by molar-refractivity contribution is -0.134. The summed E-state index contributed by atoms with van der Waals surface area (Å²) in [5.41, 5.74) is -0.669. The number of ether oxygens (including phenoxy) is 2. The zero-order valence-electron chi connectivity index (χ0n) is 14.5. The van der Waals surface area contributed by atoms with E-state index in [4.69, 9.17) is 9.47 Å². The predicted molar refractivity (Wildman–Crippen MR) is 86.3 cm³/mol. The van der Waals surface area contributed by atoms with Crippen molar-refractivity contribution >= 4 is 11.9 Å². The summed E-state index contributed by atoms with van der Waals surface area (Å²) in [6.45, 7) is 6.00. The number of nitrogens with one attached hydrogen (secondary N) is 1. The Balaban J connectivity index is 1.62. The highest BCUT2D eigenvalue weighted by Crippen LogP contribution is 2.48. The third kappa shape index (κ3) is 2.36. The maximum atomic E-state index is 13.3. The van der Waals surface area contributed by atoms with Crippen LogP contribution in [0.2, 0.25) is 0 Å². The monoisotopic (exact) mass is 337 g/mol. The molecule has 4 aliphatic rings.